The molecule has 0 aliphatic heterocycles. The van der Waals surface area contributed by atoms with Gasteiger partial charge in [0.25, 0.3) is 0 Å². The van der Waals surface area contributed by atoms with E-state index in [4.69, 9.17) is 9.47 Å². The van der Waals surface area contributed by atoms with Crippen LogP contribution in [0.25, 0.3) is 0 Å². The molecule has 0 bridgehead atoms. The van der Waals surface area contributed by atoms with Crippen LogP contribution in [0.5, 0.6) is 11.5 Å². The summed E-state index contributed by atoms with van der Waals surface area (Å²) in [4.78, 5) is 24.8. The first-order chi connectivity index (χ1) is 14.0. The van der Waals surface area contributed by atoms with Crippen LogP contribution in [0, 0.1) is 29.6 Å². The molecular formula is C24H30O6. The first-order valence-electron chi connectivity index (χ1n) is 10.5. The molecule has 30 heavy (non-hydrogen) atoms. The predicted molar refractivity (Wildman–Crippen MR) is 110 cm³/mol. The minimum atomic E-state index is -1.51. The highest BCUT2D eigenvalue weighted by molar-refractivity contribution is 5.94. The number of carbonyl (C=O) groups excluding carboxylic acids is 2. The number of carbonyl (C=O) groups is 2. The number of aldehydes is 1. The molecule has 0 radical (unpaired) electrons. The smallest absolute Gasteiger partial charge is 0.342 e. The van der Waals surface area contributed by atoms with Crippen molar-refractivity contribution in [1.29, 1.82) is 0 Å². The number of hydrogen-bond acceptors (Lipinski definition) is 6. The van der Waals surface area contributed by atoms with Crippen molar-refractivity contribution in [3.63, 3.8) is 0 Å². The summed E-state index contributed by atoms with van der Waals surface area (Å²) in [6.07, 6.45) is 4.17. The van der Waals surface area contributed by atoms with Crippen LogP contribution in [0.3, 0.4) is 0 Å². The van der Waals surface area contributed by atoms with Gasteiger partial charge in [-0.1, -0.05) is 26.8 Å². The number of hydrogen-bond donors (Lipinski definition) is 2. The summed E-state index contributed by atoms with van der Waals surface area (Å²) in [5.74, 6) is -0.0439. The van der Waals surface area contributed by atoms with Crippen LogP contribution >= 0.6 is 0 Å². The van der Waals surface area contributed by atoms with Gasteiger partial charge >= 0.3 is 5.97 Å². The molecule has 0 spiro atoms. The molecule has 4 rings (SSSR count). The van der Waals surface area contributed by atoms with Crippen molar-refractivity contribution in [1.82, 2.24) is 0 Å². The number of esters is 1. The van der Waals surface area contributed by atoms with Crippen molar-refractivity contribution in [2.75, 3.05) is 7.11 Å². The molecule has 0 amide bonds. The lowest BCUT2D eigenvalue weighted by molar-refractivity contribution is -0.246. The summed E-state index contributed by atoms with van der Waals surface area (Å²) in [5.41, 5.74) is -1.04. The lowest BCUT2D eigenvalue weighted by atomic mass is 9.44. The molecule has 2 saturated carbocycles. The number of phenolic OH excluding ortho intramolecular Hbond substituents is 1. The van der Waals surface area contributed by atoms with Crippen molar-refractivity contribution in [2.45, 2.75) is 58.7 Å². The molecule has 0 aromatic heterocycles. The third-order valence-electron chi connectivity index (χ3n) is 7.78. The van der Waals surface area contributed by atoms with E-state index in [-0.39, 0.29) is 28.6 Å². The topological polar surface area (TPSA) is 93.1 Å². The van der Waals surface area contributed by atoms with Crippen LogP contribution < -0.4 is 4.74 Å². The maximum absolute atomic E-state index is 12.9. The molecule has 0 saturated heterocycles. The lowest BCUT2D eigenvalue weighted by Crippen LogP contribution is -2.72. The molecule has 1 aromatic carbocycles. The number of aryl methyl sites for hydroxylation is 1. The van der Waals surface area contributed by atoms with Gasteiger partial charge in [-0.05, 0) is 55.1 Å². The molecule has 162 valence electrons. The number of phenols is 1. The third kappa shape index (κ3) is 2.73. The normalized spacial score (nSPS) is 36.1. The minimum absolute atomic E-state index is 0.0420. The molecule has 5 atom stereocenters. The number of ether oxygens (including phenoxy) is 2. The maximum atomic E-state index is 12.9. The van der Waals surface area contributed by atoms with Gasteiger partial charge in [0.2, 0.25) is 0 Å². The second-order valence-corrected chi connectivity index (χ2v) is 10.2. The zero-order valence-corrected chi connectivity index (χ0v) is 18.2. The Morgan fingerprint density at radius 2 is 1.90 bits per heavy atom. The first kappa shape index (κ1) is 20.9. The molecule has 3 aliphatic rings. The third-order valence-corrected chi connectivity index (χ3v) is 7.78. The zero-order chi connectivity index (χ0) is 22.1. The molecule has 3 aliphatic carbocycles. The Morgan fingerprint density at radius 1 is 1.20 bits per heavy atom. The molecule has 1 aromatic rings. The molecule has 0 heterocycles. The van der Waals surface area contributed by atoms with Gasteiger partial charge in [0.1, 0.15) is 35.1 Å². The van der Waals surface area contributed by atoms with Gasteiger partial charge in [-0.25, -0.2) is 4.79 Å². The fourth-order valence-corrected chi connectivity index (χ4v) is 6.28. The second kappa shape index (κ2) is 6.58. The SMILES string of the molecule is COc1cc(C)c(C(=O)O[C@@H]2C[C@]3(C)[C@H]4CC(C)(C)C[C@H]4C=C(C=O)[C@]23O)c(O)c1. The van der Waals surface area contributed by atoms with Gasteiger partial charge in [0.05, 0.1) is 7.11 Å². The number of benzene rings is 1. The summed E-state index contributed by atoms with van der Waals surface area (Å²) in [7, 11) is 1.48. The van der Waals surface area contributed by atoms with E-state index in [0.29, 0.717) is 29.6 Å². The summed E-state index contributed by atoms with van der Waals surface area (Å²) < 4.78 is 10.8. The second-order valence-electron chi connectivity index (χ2n) is 10.2. The molecule has 2 fully saturated rings. The Morgan fingerprint density at radius 3 is 2.50 bits per heavy atom. The monoisotopic (exact) mass is 414 g/mol. The van der Waals surface area contributed by atoms with Gasteiger partial charge in [-0.3, -0.25) is 4.79 Å². The minimum Gasteiger partial charge on any atom is -0.507 e. The van der Waals surface area contributed by atoms with Gasteiger partial charge < -0.3 is 19.7 Å². The molecule has 0 unspecified atom stereocenters. The summed E-state index contributed by atoms with van der Waals surface area (Å²) in [6.45, 7) is 8.12. The highest BCUT2D eigenvalue weighted by atomic mass is 16.6. The fraction of sp³-hybridized carbons (Fsp3) is 0.583. The van der Waals surface area contributed by atoms with Crippen molar-refractivity contribution in [2.24, 2.45) is 22.7 Å². The average Bonchev–Trinajstić information content (AvgIpc) is 2.98. The van der Waals surface area contributed by atoms with Crippen molar-refractivity contribution in [3.05, 3.63) is 34.9 Å². The van der Waals surface area contributed by atoms with E-state index in [1.165, 1.54) is 13.2 Å². The van der Waals surface area contributed by atoms with Crippen LogP contribution in [-0.2, 0) is 9.53 Å². The van der Waals surface area contributed by atoms with Crippen LogP contribution in [0.1, 0.15) is 56.0 Å². The Bertz CT molecular complexity index is 924. The van der Waals surface area contributed by atoms with Crippen LogP contribution in [0.4, 0.5) is 0 Å². The number of rotatable bonds is 4. The van der Waals surface area contributed by atoms with Crippen LogP contribution in [-0.4, -0.2) is 41.3 Å². The maximum Gasteiger partial charge on any atom is 0.342 e. The van der Waals surface area contributed by atoms with E-state index in [1.807, 2.05) is 13.0 Å². The fourth-order valence-electron chi connectivity index (χ4n) is 6.28. The van der Waals surface area contributed by atoms with E-state index in [9.17, 15) is 19.8 Å². The Kier molecular flexibility index (Phi) is 4.59. The highest BCUT2D eigenvalue weighted by Crippen LogP contribution is 2.68. The molecule has 2 N–H and O–H groups in total. The van der Waals surface area contributed by atoms with E-state index in [2.05, 4.69) is 13.8 Å². The van der Waals surface area contributed by atoms with Gasteiger partial charge in [0.15, 0.2) is 0 Å². The quantitative estimate of drug-likeness (QED) is 0.578. The molecule has 6 nitrogen and oxygen atoms in total. The molecular weight excluding hydrogens is 384 g/mol. The highest BCUT2D eigenvalue weighted by Gasteiger charge is 2.72. The van der Waals surface area contributed by atoms with Gasteiger partial charge in [-0.15, -0.1) is 0 Å². The van der Waals surface area contributed by atoms with Crippen molar-refractivity contribution >= 4 is 12.3 Å². The van der Waals surface area contributed by atoms with E-state index in [1.54, 1.807) is 13.0 Å². The number of allylic oxidation sites excluding steroid dienone is 1. The average molecular weight is 414 g/mol. The lowest BCUT2D eigenvalue weighted by Gasteiger charge is -2.64. The van der Waals surface area contributed by atoms with E-state index >= 15 is 0 Å². The standard InChI is InChI=1S/C24H30O6/c1-13-6-16(29-5)8-18(26)20(13)21(27)30-19-11-23(4)17-10-22(2,3)9-14(17)7-15(12-25)24(19,23)28/h6-8,12,14,17,19,26,28H,9-11H2,1-5H3/t14-,17+,19-,23-,24+/m1/s1. The number of aromatic hydroxyl groups is 1. The zero-order valence-electron chi connectivity index (χ0n) is 18.2. The Hall–Kier alpha value is -2.34. The summed E-state index contributed by atoms with van der Waals surface area (Å²) in [6, 6.07) is 2.99. The van der Waals surface area contributed by atoms with Gasteiger partial charge in [0, 0.05) is 17.1 Å². The van der Waals surface area contributed by atoms with Crippen molar-refractivity contribution in [3.8, 4) is 11.5 Å². The number of aliphatic hydroxyl groups is 1. The number of methoxy groups -OCH3 is 1. The van der Waals surface area contributed by atoms with Crippen molar-refractivity contribution < 1.29 is 29.3 Å². The Balaban J connectivity index is 1.64. The van der Waals surface area contributed by atoms with Gasteiger partial charge in [-0.2, -0.15) is 0 Å². The molecule has 6 heteroatoms. The number of fused-ring (bicyclic) bond motifs is 3. The predicted octanol–water partition coefficient (Wildman–Crippen LogP) is 3.57. The van der Waals surface area contributed by atoms with E-state index in [0.717, 1.165) is 12.8 Å². The largest absolute Gasteiger partial charge is 0.507 e. The summed E-state index contributed by atoms with van der Waals surface area (Å²) in [5, 5.41) is 22.0. The van der Waals surface area contributed by atoms with Crippen LogP contribution in [0.2, 0.25) is 0 Å². The first-order valence-corrected chi connectivity index (χ1v) is 10.5. The Labute approximate surface area is 176 Å². The van der Waals surface area contributed by atoms with Crippen LogP contribution in [0.15, 0.2) is 23.8 Å². The van der Waals surface area contributed by atoms with E-state index < -0.39 is 23.1 Å². The summed E-state index contributed by atoms with van der Waals surface area (Å²) >= 11 is 0.